The Morgan fingerprint density at radius 2 is 2.00 bits per heavy atom. The summed E-state index contributed by atoms with van der Waals surface area (Å²) in [6.07, 6.45) is 0. The van der Waals surface area contributed by atoms with Crippen LogP contribution in [0.25, 0.3) is 0 Å². The van der Waals surface area contributed by atoms with Crippen molar-refractivity contribution in [3.63, 3.8) is 0 Å². The highest BCUT2D eigenvalue weighted by Gasteiger charge is 2.30. The Morgan fingerprint density at radius 3 is 2.73 bits per heavy atom. The van der Waals surface area contributed by atoms with Gasteiger partial charge in [-0.25, -0.2) is 0 Å². The summed E-state index contributed by atoms with van der Waals surface area (Å²) in [5.41, 5.74) is 1.37. The average Bonchev–Trinajstić information content (AvgIpc) is 2.29. The van der Waals surface area contributed by atoms with Crippen LogP contribution in [0.1, 0.15) is 19.4 Å². The smallest absolute Gasteiger partial charge is 0.0686 e. The molecule has 0 fully saturated rings. The molecule has 1 aromatic carbocycles. The Bertz CT molecular complexity index is 281. The number of nitrogens with zero attached hydrogens (tertiary/aromatic N) is 1. The van der Waals surface area contributed by atoms with Gasteiger partial charge >= 0.3 is 0 Å². The number of fused-ring (bicyclic) bond motifs is 1. The van der Waals surface area contributed by atoms with Gasteiger partial charge in [0.1, 0.15) is 0 Å². The van der Waals surface area contributed by atoms with Gasteiger partial charge in [0.05, 0.1) is 5.54 Å². The summed E-state index contributed by atoms with van der Waals surface area (Å²) < 4.78 is 4.45. The molecule has 1 heterocycles. The van der Waals surface area contributed by atoms with Crippen LogP contribution >= 0.6 is 11.9 Å². The largest absolute Gasteiger partial charge is 0.159 e. The third kappa shape index (κ3) is 1.06. The molecule has 0 aromatic heterocycles. The van der Waals surface area contributed by atoms with E-state index in [1.165, 1.54) is 10.5 Å². The van der Waals surface area contributed by atoms with E-state index in [4.69, 9.17) is 0 Å². The Kier molecular flexibility index (Phi) is 1.48. The van der Waals surface area contributed by atoms with E-state index in [1.807, 2.05) is 0 Å². The fourth-order valence-corrected chi connectivity index (χ4v) is 2.24. The molecule has 0 N–H and O–H groups in total. The Morgan fingerprint density at radius 1 is 1.27 bits per heavy atom. The second-order valence-electron chi connectivity index (χ2n) is 3.24. The molecule has 2 rings (SSSR count). The molecule has 0 saturated carbocycles. The lowest BCUT2D eigenvalue weighted by molar-refractivity contribution is 0.509. The molecule has 1 nitrogen and oxygen atoms in total. The SMILES string of the molecule is CC1(C)[N]Sc2ccccc21. The first-order chi connectivity index (χ1) is 5.20. The van der Waals surface area contributed by atoms with Gasteiger partial charge in [-0.3, -0.25) is 0 Å². The second kappa shape index (κ2) is 2.26. The molecule has 1 aliphatic heterocycles. The maximum Gasteiger partial charge on any atom is 0.0686 e. The molecule has 0 bridgehead atoms. The van der Waals surface area contributed by atoms with E-state index in [1.54, 1.807) is 11.9 Å². The van der Waals surface area contributed by atoms with E-state index in [0.29, 0.717) is 0 Å². The molecule has 0 unspecified atom stereocenters. The van der Waals surface area contributed by atoms with E-state index in [0.717, 1.165) is 0 Å². The molecule has 0 saturated heterocycles. The number of benzene rings is 1. The van der Waals surface area contributed by atoms with Gasteiger partial charge in [-0.1, -0.05) is 18.2 Å². The minimum absolute atomic E-state index is 0.0151. The quantitative estimate of drug-likeness (QED) is 0.537. The zero-order chi connectivity index (χ0) is 7.90. The van der Waals surface area contributed by atoms with Crippen LogP contribution in [-0.4, -0.2) is 0 Å². The van der Waals surface area contributed by atoms with Gasteiger partial charge in [-0.2, -0.15) is 4.72 Å². The van der Waals surface area contributed by atoms with Crippen molar-refractivity contribution < 1.29 is 0 Å². The molecule has 1 radical (unpaired) electrons. The standard InChI is InChI=1S/C9H10NS/c1-9(2)7-5-3-4-6-8(7)11-10-9/h3-6H,1-2H3. The van der Waals surface area contributed by atoms with Crippen molar-refractivity contribution in [3.8, 4) is 0 Å². The number of rotatable bonds is 0. The summed E-state index contributed by atoms with van der Waals surface area (Å²) in [6.45, 7) is 4.29. The number of hydrogen-bond donors (Lipinski definition) is 0. The third-order valence-electron chi connectivity index (χ3n) is 1.92. The van der Waals surface area contributed by atoms with Crippen LogP contribution in [0.2, 0.25) is 0 Å². The van der Waals surface area contributed by atoms with Crippen LogP contribution in [0.5, 0.6) is 0 Å². The lowest BCUT2D eigenvalue weighted by Crippen LogP contribution is -2.20. The first-order valence-electron chi connectivity index (χ1n) is 3.69. The van der Waals surface area contributed by atoms with Crippen LogP contribution in [0.15, 0.2) is 29.2 Å². The molecule has 57 valence electrons. The van der Waals surface area contributed by atoms with Gasteiger partial charge in [0.2, 0.25) is 0 Å². The van der Waals surface area contributed by atoms with E-state index in [2.05, 4.69) is 42.8 Å². The zero-order valence-electron chi connectivity index (χ0n) is 6.66. The van der Waals surface area contributed by atoms with E-state index >= 15 is 0 Å². The minimum atomic E-state index is 0.0151. The Balaban J connectivity index is 2.56. The van der Waals surface area contributed by atoms with Gasteiger partial charge in [0.25, 0.3) is 0 Å². The van der Waals surface area contributed by atoms with Crippen LogP contribution in [-0.2, 0) is 5.54 Å². The molecule has 2 heteroatoms. The number of hydrogen-bond acceptors (Lipinski definition) is 1. The topological polar surface area (TPSA) is 14.1 Å². The molecular formula is C9H10NS. The summed E-state index contributed by atoms with van der Waals surface area (Å²) in [5, 5.41) is 0. The summed E-state index contributed by atoms with van der Waals surface area (Å²) >= 11 is 1.60. The van der Waals surface area contributed by atoms with Crippen LogP contribution < -0.4 is 4.72 Å². The van der Waals surface area contributed by atoms with Gasteiger partial charge in [0, 0.05) is 4.90 Å². The average molecular weight is 164 g/mol. The van der Waals surface area contributed by atoms with Crippen molar-refractivity contribution in [3.05, 3.63) is 29.8 Å². The lowest BCUT2D eigenvalue weighted by atomic mass is 9.96. The summed E-state index contributed by atoms with van der Waals surface area (Å²) in [5.74, 6) is 0. The molecule has 0 aliphatic carbocycles. The van der Waals surface area contributed by atoms with Gasteiger partial charge < -0.3 is 0 Å². The monoisotopic (exact) mass is 164 g/mol. The van der Waals surface area contributed by atoms with Crippen molar-refractivity contribution in [2.24, 2.45) is 0 Å². The predicted molar refractivity (Wildman–Crippen MR) is 47.5 cm³/mol. The van der Waals surface area contributed by atoms with Crippen molar-refractivity contribution >= 4 is 11.9 Å². The fraction of sp³-hybridized carbons (Fsp3) is 0.333. The lowest BCUT2D eigenvalue weighted by Gasteiger charge is -2.15. The zero-order valence-corrected chi connectivity index (χ0v) is 7.48. The summed E-state index contributed by atoms with van der Waals surface area (Å²) in [6, 6.07) is 8.40. The Labute approximate surface area is 71.3 Å². The first kappa shape index (κ1) is 7.19. The van der Waals surface area contributed by atoms with Crippen LogP contribution in [0.3, 0.4) is 0 Å². The maximum absolute atomic E-state index is 4.45. The predicted octanol–water partition coefficient (Wildman–Crippen LogP) is 2.55. The highest BCUT2D eigenvalue weighted by atomic mass is 32.2. The van der Waals surface area contributed by atoms with Crippen molar-refractivity contribution in [2.45, 2.75) is 24.3 Å². The molecule has 0 atom stereocenters. The van der Waals surface area contributed by atoms with E-state index in [9.17, 15) is 0 Å². The highest BCUT2D eigenvalue weighted by Crippen LogP contribution is 2.40. The van der Waals surface area contributed by atoms with E-state index < -0.39 is 0 Å². The summed E-state index contributed by atoms with van der Waals surface area (Å²) in [7, 11) is 0. The molecule has 1 aliphatic rings. The molecule has 0 spiro atoms. The van der Waals surface area contributed by atoms with Gasteiger partial charge in [-0.05, 0) is 37.4 Å². The molecular weight excluding hydrogens is 154 g/mol. The third-order valence-corrected chi connectivity index (χ3v) is 3.02. The minimum Gasteiger partial charge on any atom is -0.159 e. The fourth-order valence-electron chi connectivity index (χ4n) is 1.26. The van der Waals surface area contributed by atoms with Crippen LogP contribution in [0, 0.1) is 0 Å². The van der Waals surface area contributed by atoms with E-state index in [-0.39, 0.29) is 5.54 Å². The second-order valence-corrected chi connectivity index (χ2v) is 4.04. The normalized spacial score (nSPS) is 19.8. The molecule has 11 heavy (non-hydrogen) atoms. The summed E-state index contributed by atoms with van der Waals surface area (Å²) in [4.78, 5) is 1.30. The van der Waals surface area contributed by atoms with Gasteiger partial charge in [-0.15, -0.1) is 0 Å². The van der Waals surface area contributed by atoms with Crippen molar-refractivity contribution in [1.82, 2.24) is 4.72 Å². The van der Waals surface area contributed by atoms with Gasteiger partial charge in [0.15, 0.2) is 0 Å². The molecule has 1 aromatic rings. The van der Waals surface area contributed by atoms with Crippen molar-refractivity contribution in [1.29, 1.82) is 0 Å². The van der Waals surface area contributed by atoms with Crippen LogP contribution in [0.4, 0.5) is 0 Å². The first-order valence-corrected chi connectivity index (χ1v) is 4.46. The van der Waals surface area contributed by atoms with Crippen molar-refractivity contribution in [2.75, 3.05) is 0 Å². The molecule has 0 amide bonds. The maximum atomic E-state index is 4.45. The highest BCUT2D eigenvalue weighted by molar-refractivity contribution is 7.97. The Hall–Kier alpha value is -0.470.